The minimum atomic E-state index is 0.623. The number of hydrogen-bond donors (Lipinski definition) is 2. The fraction of sp³-hybridized carbons (Fsp3) is 0.417. The standard InChI is InChI=1S/C12H15N3S/c13-9-2-1-3-10-11(9)16-12(15-10)8-4-6-14-7-5-8/h1-3,8,14H,4-7,13H2. The Bertz CT molecular complexity index is 500. The molecule has 0 amide bonds. The summed E-state index contributed by atoms with van der Waals surface area (Å²) < 4.78 is 1.15. The Balaban J connectivity index is 2.01. The minimum Gasteiger partial charge on any atom is -0.398 e. The van der Waals surface area contributed by atoms with Gasteiger partial charge in [0, 0.05) is 5.92 Å². The quantitative estimate of drug-likeness (QED) is 0.743. The number of anilines is 1. The Morgan fingerprint density at radius 2 is 2.12 bits per heavy atom. The van der Waals surface area contributed by atoms with Gasteiger partial charge in [0.15, 0.2) is 0 Å². The number of piperidine rings is 1. The molecule has 0 saturated carbocycles. The summed E-state index contributed by atoms with van der Waals surface area (Å²) in [5, 5.41) is 4.64. The van der Waals surface area contributed by atoms with Gasteiger partial charge in [-0.1, -0.05) is 6.07 Å². The smallest absolute Gasteiger partial charge is 0.0971 e. The first-order chi connectivity index (χ1) is 7.84. The third kappa shape index (κ3) is 1.68. The number of aromatic nitrogens is 1. The largest absolute Gasteiger partial charge is 0.398 e. The normalized spacial score (nSPS) is 18.0. The van der Waals surface area contributed by atoms with Gasteiger partial charge in [0.25, 0.3) is 0 Å². The molecule has 0 unspecified atom stereocenters. The van der Waals surface area contributed by atoms with Gasteiger partial charge in [0.2, 0.25) is 0 Å². The van der Waals surface area contributed by atoms with Crippen LogP contribution >= 0.6 is 11.3 Å². The van der Waals surface area contributed by atoms with Crippen molar-refractivity contribution < 1.29 is 0 Å². The lowest BCUT2D eigenvalue weighted by Gasteiger charge is -2.20. The van der Waals surface area contributed by atoms with Gasteiger partial charge in [0.1, 0.15) is 0 Å². The van der Waals surface area contributed by atoms with Gasteiger partial charge < -0.3 is 11.1 Å². The summed E-state index contributed by atoms with van der Waals surface area (Å²) >= 11 is 1.77. The molecular formula is C12H15N3S. The number of hydrogen-bond acceptors (Lipinski definition) is 4. The summed E-state index contributed by atoms with van der Waals surface area (Å²) in [7, 11) is 0. The van der Waals surface area contributed by atoms with Crippen molar-refractivity contribution in [1.82, 2.24) is 10.3 Å². The van der Waals surface area contributed by atoms with E-state index in [4.69, 9.17) is 10.7 Å². The molecule has 1 saturated heterocycles. The van der Waals surface area contributed by atoms with Crippen molar-refractivity contribution in [2.45, 2.75) is 18.8 Å². The molecule has 3 N–H and O–H groups in total. The molecule has 4 heteroatoms. The summed E-state index contributed by atoms with van der Waals surface area (Å²) in [5.74, 6) is 0.623. The molecule has 3 nitrogen and oxygen atoms in total. The lowest BCUT2D eigenvalue weighted by molar-refractivity contribution is 0.459. The van der Waals surface area contributed by atoms with E-state index in [2.05, 4.69) is 5.32 Å². The van der Waals surface area contributed by atoms with Crippen molar-refractivity contribution in [2.24, 2.45) is 0 Å². The number of thiazole rings is 1. The summed E-state index contributed by atoms with van der Waals surface area (Å²) in [6.07, 6.45) is 2.39. The number of benzene rings is 1. The first-order valence-electron chi connectivity index (χ1n) is 5.70. The molecular weight excluding hydrogens is 218 g/mol. The molecule has 1 fully saturated rings. The number of nitrogens with two attached hydrogens (primary N) is 1. The second kappa shape index (κ2) is 4.03. The fourth-order valence-corrected chi connectivity index (χ4v) is 3.39. The number of nitrogens with one attached hydrogen (secondary N) is 1. The molecule has 0 aliphatic carbocycles. The number of nitrogen functional groups attached to an aromatic ring is 1. The molecule has 0 radical (unpaired) electrons. The Labute approximate surface area is 98.7 Å². The molecule has 1 aliphatic heterocycles. The molecule has 1 aliphatic rings. The molecule has 2 aromatic rings. The van der Waals surface area contributed by atoms with Crippen LogP contribution in [0.15, 0.2) is 18.2 Å². The molecule has 0 bridgehead atoms. The second-order valence-electron chi connectivity index (χ2n) is 4.27. The van der Waals surface area contributed by atoms with Crippen LogP contribution in [0.2, 0.25) is 0 Å². The molecule has 1 aromatic heterocycles. The molecule has 0 spiro atoms. The average Bonchev–Trinajstić information content (AvgIpc) is 2.76. The summed E-state index contributed by atoms with van der Waals surface area (Å²) in [4.78, 5) is 4.71. The Hall–Kier alpha value is -1.13. The Morgan fingerprint density at radius 3 is 2.88 bits per heavy atom. The second-order valence-corrected chi connectivity index (χ2v) is 5.30. The Morgan fingerprint density at radius 1 is 1.31 bits per heavy atom. The van der Waals surface area contributed by atoms with E-state index < -0.39 is 0 Å². The van der Waals surface area contributed by atoms with E-state index in [0.717, 1.165) is 29.0 Å². The first-order valence-corrected chi connectivity index (χ1v) is 6.52. The van der Waals surface area contributed by atoms with Crippen LogP contribution in [0, 0.1) is 0 Å². The van der Waals surface area contributed by atoms with E-state index in [0.29, 0.717) is 5.92 Å². The molecule has 1 aromatic carbocycles. The van der Waals surface area contributed by atoms with Gasteiger partial charge in [0.05, 0.1) is 20.9 Å². The van der Waals surface area contributed by atoms with Gasteiger partial charge in [-0.2, -0.15) is 0 Å². The zero-order chi connectivity index (χ0) is 11.0. The van der Waals surface area contributed by atoms with E-state index >= 15 is 0 Å². The third-order valence-corrected chi connectivity index (χ3v) is 4.43. The predicted octanol–water partition coefficient (Wildman–Crippen LogP) is 2.35. The Kier molecular flexibility index (Phi) is 2.53. The van der Waals surface area contributed by atoms with Crippen LogP contribution in [-0.4, -0.2) is 18.1 Å². The maximum Gasteiger partial charge on any atom is 0.0971 e. The van der Waals surface area contributed by atoms with Gasteiger partial charge in [-0.3, -0.25) is 0 Å². The zero-order valence-electron chi connectivity index (χ0n) is 9.07. The summed E-state index contributed by atoms with van der Waals surface area (Å²) in [6.45, 7) is 2.21. The number of fused-ring (bicyclic) bond motifs is 1. The van der Waals surface area contributed by atoms with E-state index in [1.165, 1.54) is 17.8 Å². The third-order valence-electron chi connectivity index (χ3n) is 3.15. The first kappa shape index (κ1) is 10.1. The van der Waals surface area contributed by atoms with Crippen LogP contribution in [0.5, 0.6) is 0 Å². The minimum absolute atomic E-state index is 0.623. The van der Waals surface area contributed by atoms with Crippen molar-refractivity contribution in [1.29, 1.82) is 0 Å². The molecule has 2 heterocycles. The van der Waals surface area contributed by atoms with Crippen molar-refractivity contribution >= 4 is 27.2 Å². The average molecular weight is 233 g/mol. The van der Waals surface area contributed by atoms with Crippen LogP contribution in [0.1, 0.15) is 23.8 Å². The maximum absolute atomic E-state index is 5.96. The van der Waals surface area contributed by atoms with Crippen molar-refractivity contribution in [3.63, 3.8) is 0 Å². The van der Waals surface area contributed by atoms with E-state index in [9.17, 15) is 0 Å². The van der Waals surface area contributed by atoms with E-state index in [1.54, 1.807) is 11.3 Å². The van der Waals surface area contributed by atoms with E-state index in [1.807, 2.05) is 18.2 Å². The van der Waals surface area contributed by atoms with Crippen LogP contribution in [0.25, 0.3) is 10.2 Å². The van der Waals surface area contributed by atoms with Crippen LogP contribution in [0.4, 0.5) is 5.69 Å². The van der Waals surface area contributed by atoms with Crippen LogP contribution in [-0.2, 0) is 0 Å². The van der Waals surface area contributed by atoms with Crippen molar-refractivity contribution in [3.05, 3.63) is 23.2 Å². The number of rotatable bonds is 1. The lowest BCUT2D eigenvalue weighted by Crippen LogP contribution is -2.26. The van der Waals surface area contributed by atoms with E-state index in [-0.39, 0.29) is 0 Å². The van der Waals surface area contributed by atoms with Crippen LogP contribution < -0.4 is 11.1 Å². The molecule has 16 heavy (non-hydrogen) atoms. The topological polar surface area (TPSA) is 50.9 Å². The molecule has 3 rings (SSSR count). The SMILES string of the molecule is Nc1cccc2nc(C3CCNCC3)sc12. The lowest BCUT2D eigenvalue weighted by atomic mass is 9.99. The van der Waals surface area contributed by atoms with Crippen molar-refractivity contribution in [2.75, 3.05) is 18.8 Å². The molecule has 84 valence electrons. The number of nitrogens with zero attached hydrogens (tertiary/aromatic N) is 1. The molecule has 0 atom stereocenters. The highest BCUT2D eigenvalue weighted by atomic mass is 32.1. The van der Waals surface area contributed by atoms with Gasteiger partial charge in [-0.05, 0) is 38.1 Å². The zero-order valence-corrected chi connectivity index (χ0v) is 9.89. The highest BCUT2D eigenvalue weighted by molar-refractivity contribution is 7.19. The highest BCUT2D eigenvalue weighted by Gasteiger charge is 2.19. The summed E-state index contributed by atoms with van der Waals surface area (Å²) in [6, 6.07) is 5.98. The highest BCUT2D eigenvalue weighted by Crippen LogP contribution is 2.34. The predicted molar refractivity (Wildman–Crippen MR) is 68.9 cm³/mol. The monoisotopic (exact) mass is 233 g/mol. The summed E-state index contributed by atoms with van der Waals surface area (Å²) in [5.41, 5.74) is 7.87. The fourth-order valence-electron chi connectivity index (χ4n) is 2.23. The maximum atomic E-state index is 5.96. The van der Waals surface area contributed by atoms with Gasteiger partial charge in [-0.25, -0.2) is 4.98 Å². The van der Waals surface area contributed by atoms with Gasteiger partial charge >= 0.3 is 0 Å². The van der Waals surface area contributed by atoms with Gasteiger partial charge in [-0.15, -0.1) is 11.3 Å². The van der Waals surface area contributed by atoms with Crippen molar-refractivity contribution in [3.8, 4) is 0 Å². The van der Waals surface area contributed by atoms with Crippen LogP contribution in [0.3, 0.4) is 0 Å².